The van der Waals surface area contributed by atoms with Crippen molar-refractivity contribution >= 4 is 45.4 Å². The second kappa shape index (κ2) is 16.0. The molecule has 1 aliphatic rings. The number of hydrogen-bond donors (Lipinski definition) is 0. The summed E-state index contributed by atoms with van der Waals surface area (Å²) in [5, 5.41) is 0. The summed E-state index contributed by atoms with van der Waals surface area (Å²) in [6, 6.07) is 4.40. The van der Waals surface area contributed by atoms with Gasteiger partial charge in [0, 0.05) is 20.9 Å². The summed E-state index contributed by atoms with van der Waals surface area (Å²) in [5.74, 6) is 1.69. The highest BCUT2D eigenvalue weighted by molar-refractivity contribution is 7.24. The van der Waals surface area contributed by atoms with Crippen molar-refractivity contribution in [3.8, 4) is 25.9 Å². The first kappa shape index (κ1) is 39.3. The van der Waals surface area contributed by atoms with Crippen LogP contribution in [0.25, 0.3) is 31.2 Å². The average Bonchev–Trinajstić information content (AvgIpc) is 3.78. The lowest BCUT2D eigenvalue weighted by Crippen LogP contribution is -2.36. The van der Waals surface area contributed by atoms with E-state index in [-0.39, 0.29) is 16.9 Å². The van der Waals surface area contributed by atoms with Gasteiger partial charge < -0.3 is 4.74 Å². The Balaban J connectivity index is 1.63. The lowest BCUT2D eigenvalue weighted by Gasteiger charge is -2.39. The number of benzene rings is 1. The van der Waals surface area contributed by atoms with Crippen molar-refractivity contribution in [3.05, 3.63) is 39.8 Å². The maximum atomic E-state index is 16.3. The lowest BCUT2D eigenvalue weighted by atomic mass is 9.78. The van der Waals surface area contributed by atoms with Crippen molar-refractivity contribution in [3.63, 3.8) is 0 Å². The number of thiophene rings is 2. The molecule has 0 saturated heterocycles. The number of aromatic nitrogens is 2. The first-order chi connectivity index (χ1) is 23.5. The van der Waals surface area contributed by atoms with Gasteiger partial charge in [-0.25, -0.2) is 8.78 Å². The van der Waals surface area contributed by atoms with Crippen molar-refractivity contribution in [2.75, 3.05) is 0 Å². The van der Waals surface area contributed by atoms with Gasteiger partial charge in [-0.2, -0.15) is 8.75 Å². The van der Waals surface area contributed by atoms with Crippen LogP contribution in [0.3, 0.4) is 0 Å². The second-order valence-electron chi connectivity index (χ2n) is 17.5. The van der Waals surface area contributed by atoms with Crippen LogP contribution < -0.4 is 4.74 Å². The van der Waals surface area contributed by atoms with Crippen molar-refractivity contribution in [1.29, 1.82) is 0 Å². The van der Waals surface area contributed by atoms with E-state index in [1.54, 1.807) is 22.7 Å². The minimum atomic E-state index is -0.821. The van der Waals surface area contributed by atoms with E-state index in [0.717, 1.165) is 58.5 Å². The lowest BCUT2D eigenvalue weighted by molar-refractivity contribution is 0.0323. The van der Waals surface area contributed by atoms with Gasteiger partial charge >= 0.3 is 0 Å². The molecular weight excluding hydrogens is 683 g/mol. The summed E-state index contributed by atoms with van der Waals surface area (Å²) in [7, 11) is 0. The molecule has 0 fully saturated rings. The normalized spacial score (nSPS) is 17.5. The van der Waals surface area contributed by atoms with Gasteiger partial charge in [-0.1, -0.05) is 115 Å². The van der Waals surface area contributed by atoms with E-state index in [2.05, 4.69) is 83.2 Å². The van der Waals surface area contributed by atoms with Crippen LogP contribution in [0.2, 0.25) is 0 Å². The topological polar surface area (TPSA) is 35.0 Å². The van der Waals surface area contributed by atoms with Gasteiger partial charge in [0.2, 0.25) is 0 Å². The Hall–Kier alpha value is -1.90. The molecule has 50 heavy (non-hydrogen) atoms. The molecule has 1 aliphatic heterocycles. The first-order valence-corrected chi connectivity index (χ1v) is 21.5. The van der Waals surface area contributed by atoms with Crippen LogP contribution >= 0.6 is 34.4 Å². The summed E-state index contributed by atoms with van der Waals surface area (Å²) < 4.78 is 48.6. The highest BCUT2D eigenvalue weighted by Gasteiger charge is 2.44. The largest absolute Gasteiger partial charge is 0.481 e. The van der Waals surface area contributed by atoms with Crippen molar-refractivity contribution in [2.45, 2.75) is 157 Å². The van der Waals surface area contributed by atoms with E-state index >= 15 is 8.78 Å². The molecule has 5 rings (SSSR count). The van der Waals surface area contributed by atoms with Crippen molar-refractivity contribution in [1.82, 2.24) is 8.75 Å². The Kier molecular flexibility index (Phi) is 12.6. The van der Waals surface area contributed by atoms with E-state index in [1.807, 2.05) is 13.8 Å². The standard InChI is InChI=1S/C42H60F2N2OS3/c1-24(2)14-12-16-27(7)18-20-42(21-19-28(8)17-13-15-25(3)4)29-22-31(48-39(29)40-30(47-42)23-32(49-40)41(9,10)11)34-36(44)35(43)33(26(5)6)37-38(34)46-50-45-37/h22-28H,12-21H2,1-11H3. The highest BCUT2D eigenvalue weighted by Crippen LogP contribution is 2.58. The van der Waals surface area contributed by atoms with Crippen molar-refractivity contribution < 1.29 is 13.5 Å². The van der Waals surface area contributed by atoms with Gasteiger partial charge in [0.05, 0.1) is 27.0 Å². The van der Waals surface area contributed by atoms with Gasteiger partial charge in [0.25, 0.3) is 0 Å². The van der Waals surface area contributed by atoms with Gasteiger partial charge in [0.1, 0.15) is 22.4 Å². The molecule has 2 atom stereocenters. The quantitative estimate of drug-likeness (QED) is 0.115. The van der Waals surface area contributed by atoms with Crippen LogP contribution in [0, 0.1) is 35.3 Å². The Labute approximate surface area is 313 Å². The van der Waals surface area contributed by atoms with E-state index in [1.165, 1.54) is 43.4 Å². The number of rotatable bonds is 16. The predicted octanol–water partition coefficient (Wildman–Crippen LogP) is 14.9. The average molecular weight is 743 g/mol. The summed E-state index contributed by atoms with van der Waals surface area (Å²) in [5.41, 5.74) is 2.04. The monoisotopic (exact) mass is 742 g/mol. The Morgan fingerprint density at radius 1 is 0.720 bits per heavy atom. The van der Waals surface area contributed by atoms with Gasteiger partial charge in [-0.15, -0.1) is 22.7 Å². The fourth-order valence-electron chi connectivity index (χ4n) is 7.48. The fourth-order valence-corrected chi connectivity index (χ4v) is 10.6. The van der Waals surface area contributed by atoms with Crippen LogP contribution in [0.15, 0.2) is 12.1 Å². The number of nitrogens with zero attached hydrogens (tertiary/aromatic N) is 2. The van der Waals surface area contributed by atoms with Gasteiger partial charge in [-0.3, -0.25) is 0 Å². The third-order valence-corrected chi connectivity index (χ3v) is 14.1. The van der Waals surface area contributed by atoms with Crippen LogP contribution in [0.4, 0.5) is 8.78 Å². The maximum absolute atomic E-state index is 16.3. The van der Waals surface area contributed by atoms with Gasteiger partial charge in [0.15, 0.2) is 11.6 Å². The molecule has 4 aromatic rings. The van der Waals surface area contributed by atoms with Crippen molar-refractivity contribution in [2.24, 2.45) is 23.7 Å². The smallest absolute Gasteiger partial charge is 0.170 e. The SMILES string of the molecule is CC(C)CCCC(C)CCC1(CCC(C)CCCC(C)C)Oc2cc(C(C)(C)C)sc2-c2sc(-c3c(F)c(F)c(C(C)C)c4nsnc34)cc21. The molecule has 0 radical (unpaired) electrons. The van der Waals surface area contributed by atoms with Crippen LogP contribution in [-0.4, -0.2) is 8.75 Å². The number of hydrogen-bond acceptors (Lipinski definition) is 6. The first-order valence-electron chi connectivity index (χ1n) is 19.1. The minimum Gasteiger partial charge on any atom is -0.481 e. The molecule has 4 heterocycles. The number of ether oxygens (including phenoxy) is 1. The zero-order chi connectivity index (χ0) is 36.5. The minimum absolute atomic E-state index is 0.0372. The summed E-state index contributed by atoms with van der Waals surface area (Å²) in [6.45, 7) is 24.5. The third kappa shape index (κ3) is 8.49. The molecule has 8 heteroatoms. The van der Waals surface area contributed by atoms with Crippen LogP contribution in [0.1, 0.15) is 162 Å². The summed E-state index contributed by atoms with van der Waals surface area (Å²) in [4.78, 5) is 4.23. The molecule has 3 nitrogen and oxygen atoms in total. The second-order valence-corrected chi connectivity index (χ2v) is 20.1. The van der Waals surface area contributed by atoms with E-state index in [0.29, 0.717) is 45.1 Å². The molecule has 0 aliphatic carbocycles. The Morgan fingerprint density at radius 3 is 1.84 bits per heavy atom. The molecule has 276 valence electrons. The molecule has 0 amide bonds. The zero-order valence-electron chi connectivity index (χ0n) is 32.4. The molecule has 0 saturated carbocycles. The highest BCUT2D eigenvalue weighted by atomic mass is 32.1. The number of halogens is 2. The third-order valence-electron chi connectivity index (χ3n) is 10.7. The molecule has 0 spiro atoms. The molecule has 2 unspecified atom stereocenters. The molecule has 0 bridgehead atoms. The molecular formula is C42H60F2N2OS3. The molecule has 0 N–H and O–H groups in total. The van der Waals surface area contributed by atoms with E-state index in [9.17, 15) is 0 Å². The number of fused-ring (bicyclic) bond motifs is 4. The Morgan fingerprint density at radius 2 is 1.30 bits per heavy atom. The summed E-state index contributed by atoms with van der Waals surface area (Å²) in [6.07, 6.45) is 11.3. The molecule has 3 aromatic heterocycles. The maximum Gasteiger partial charge on any atom is 0.170 e. The van der Waals surface area contributed by atoms with E-state index < -0.39 is 17.2 Å². The predicted molar refractivity (Wildman–Crippen MR) is 213 cm³/mol. The molecule has 1 aromatic carbocycles. The van der Waals surface area contributed by atoms with Crippen LogP contribution in [0.5, 0.6) is 5.75 Å². The zero-order valence-corrected chi connectivity index (χ0v) is 34.8. The van der Waals surface area contributed by atoms with E-state index in [4.69, 9.17) is 4.74 Å². The summed E-state index contributed by atoms with van der Waals surface area (Å²) >= 11 is 4.38. The van der Waals surface area contributed by atoms with Crippen LogP contribution in [-0.2, 0) is 11.0 Å². The van der Waals surface area contributed by atoms with Gasteiger partial charge in [-0.05, 0) is 72.8 Å². The Bertz CT molecular complexity index is 1720. The fraction of sp³-hybridized carbons (Fsp3) is 0.667.